The minimum atomic E-state index is -0.384. The predicted molar refractivity (Wildman–Crippen MR) is 92.8 cm³/mol. The van der Waals surface area contributed by atoms with Gasteiger partial charge in [0.1, 0.15) is 11.6 Å². The number of carbonyl (C=O) groups is 2. The molecule has 5 nitrogen and oxygen atoms in total. The van der Waals surface area contributed by atoms with Gasteiger partial charge < -0.3 is 15.4 Å². The average molecular weight is 344 g/mol. The zero-order chi connectivity index (χ0) is 18.1. The molecule has 0 aromatic heterocycles. The van der Waals surface area contributed by atoms with Gasteiger partial charge in [0.2, 0.25) is 5.91 Å². The highest BCUT2D eigenvalue weighted by Gasteiger charge is 2.07. The van der Waals surface area contributed by atoms with Crippen LogP contribution in [0.4, 0.5) is 4.39 Å². The number of ether oxygens (including phenoxy) is 1. The molecule has 2 aromatic rings. The maximum Gasteiger partial charge on any atom is 0.258 e. The first-order valence-electron chi connectivity index (χ1n) is 8.01. The second-order valence-electron chi connectivity index (χ2n) is 5.57. The van der Waals surface area contributed by atoms with E-state index in [0.29, 0.717) is 24.3 Å². The Balaban J connectivity index is 1.61. The molecule has 0 aliphatic heterocycles. The van der Waals surface area contributed by atoms with Crippen molar-refractivity contribution in [1.29, 1.82) is 0 Å². The van der Waals surface area contributed by atoms with Gasteiger partial charge in [-0.3, -0.25) is 9.59 Å². The van der Waals surface area contributed by atoms with E-state index in [4.69, 9.17) is 4.74 Å². The molecule has 0 radical (unpaired) electrons. The van der Waals surface area contributed by atoms with E-state index >= 15 is 0 Å². The van der Waals surface area contributed by atoms with Gasteiger partial charge in [-0.15, -0.1) is 0 Å². The van der Waals surface area contributed by atoms with Crippen molar-refractivity contribution >= 4 is 11.8 Å². The monoisotopic (exact) mass is 344 g/mol. The van der Waals surface area contributed by atoms with Gasteiger partial charge in [0, 0.05) is 6.54 Å². The molecule has 0 unspecified atom stereocenters. The number of halogens is 1. The van der Waals surface area contributed by atoms with Gasteiger partial charge in [0.25, 0.3) is 5.91 Å². The molecule has 25 heavy (non-hydrogen) atoms. The van der Waals surface area contributed by atoms with E-state index < -0.39 is 0 Å². The summed E-state index contributed by atoms with van der Waals surface area (Å²) in [7, 11) is 0. The summed E-state index contributed by atoms with van der Waals surface area (Å²) < 4.78 is 18.8. The first-order valence-corrected chi connectivity index (χ1v) is 8.01. The van der Waals surface area contributed by atoms with Crippen LogP contribution in [0.1, 0.15) is 11.1 Å². The van der Waals surface area contributed by atoms with Crippen molar-refractivity contribution in [3.8, 4) is 5.75 Å². The molecule has 0 aliphatic carbocycles. The highest BCUT2D eigenvalue weighted by Crippen LogP contribution is 2.10. The van der Waals surface area contributed by atoms with Gasteiger partial charge in [-0.05, 0) is 37.1 Å². The number of hydrogen-bond acceptors (Lipinski definition) is 3. The van der Waals surface area contributed by atoms with E-state index in [2.05, 4.69) is 10.6 Å². The molecule has 0 aliphatic rings. The van der Waals surface area contributed by atoms with Crippen LogP contribution in [-0.2, 0) is 16.0 Å². The van der Waals surface area contributed by atoms with Crippen LogP contribution in [-0.4, -0.2) is 31.5 Å². The molecular formula is C19H21FN2O3. The van der Waals surface area contributed by atoms with E-state index in [-0.39, 0.29) is 30.8 Å². The van der Waals surface area contributed by atoms with Crippen LogP contribution in [0.5, 0.6) is 5.75 Å². The van der Waals surface area contributed by atoms with E-state index in [1.54, 1.807) is 30.3 Å². The van der Waals surface area contributed by atoms with Gasteiger partial charge >= 0.3 is 0 Å². The molecule has 0 saturated heterocycles. The lowest BCUT2D eigenvalue weighted by molar-refractivity contribution is -0.127. The smallest absolute Gasteiger partial charge is 0.258 e. The van der Waals surface area contributed by atoms with Crippen LogP contribution in [0, 0.1) is 12.7 Å². The van der Waals surface area contributed by atoms with Gasteiger partial charge in [-0.2, -0.15) is 0 Å². The molecule has 2 rings (SSSR count). The number of hydrogen-bond donors (Lipinski definition) is 2. The zero-order valence-electron chi connectivity index (χ0n) is 14.0. The lowest BCUT2D eigenvalue weighted by Gasteiger charge is -2.09. The summed E-state index contributed by atoms with van der Waals surface area (Å²) in [4.78, 5) is 23.3. The van der Waals surface area contributed by atoms with Crippen molar-refractivity contribution in [2.24, 2.45) is 0 Å². The Labute approximate surface area is 146 Å². The Bertz CT molecular complexity index is 717. The highest BCUT2D eigenvalue weighted by atomic mass is 19.1. The summed E-state index contributed by atoms with van der Waals surface area (Å²) in [5.41, 5.74) is 1.64. The van der Waals surface area contributed by atoms with Crippen LogP contribution in [0.25, 0.3) is 0 Å². The predicted octanol–water partition coefficient (Wildman–Crippen LogP) is 1.99. The van der Waals surface area contributed by atoms with Crippen LogP contribution >= 0.6 is 0 Å². The van der Waals surface area contributed by atoms with Gasteiger partial charge in [0.15, 0.2) is 6.61 Å². The zero-order valence-corrected chi connectivity index (χ0v) is 14.0. The number of carbonyl (C=O) groups excluding carboxylic acids is 2. The molecule has 0 fully saturated rings. The Morgan fingerprint density at radius 1 is 1.00 bits per heavy atom. The number of nitrogens with one attached hydrogen (secondary N) is 2. The van der Waals surface area contributed by atoms with Crippen LogP contribution in [0.3, 0.4) is 0 Å². The number of rotatable bonds is 8. The summed E-state index contributed by atoms with van der Waals surface area (Å²) in [6.45, 7) is 1.95. The lowest BCUT2D eigenvalue weighted by atomic mass is 10.1. The second-order valence-corrected chi connectivity index (χ2v) is 5.57. The Morgan fingerprint density at radius 3 is 2.44 bits per heavy atom. The summed E-state index contributed by atoms with van der Waals surface area (Å²) in [6, 6.07) is 13.7. The summed E-state index contributed by atoms with van der Waals surface area (Å²) in [5.74, 6) is -0.418. The second kappa shape index (κ2) is 9.42. The minimum Gasteiger partial charge on any atom is -0.484 e. The molecule has 2 aromatic carbocycles. The van der Waals surface area contributed by atoms with Gasteiger partial charge in [-0.1, -0.05) is 35.9 Å². The molecule has 132 valence electrons. The standard InChI is InChI=1S/C19H21FN2O3/c1-14-6-8-16(9-7-14)25-13-19(24)22-12-18(23)21-11-10-15-4-2-3-5-17(15)20/h2-9H,10-13H2,1H3,(H,21,23)(H,22,24). The fourth-order valence-corrected chi connectivity index (χ4v) is 2.11. The summed E-state index contributed by atoms with van der Waals surface area (Å²) in [5, 5.41) is 5.11. The van der Waals surface area contributed by atoms with Gasteiger partial charge in [0.05, 0.1) is 6.54 Å². The average Bonchev–Trinajstić information content (AvgIpc) is 2.61. The number of benzene rings is 2. The largest absolute Gasteiger partial charge is 0.484 e. The number of amides is 2. The van der Waals surface area contributed by atoms with Crippen LogP contribution in [0.2, 0.25) is 0 Å². The number of aryl methyl sites for hydroxylation is 1. The highest BCUT2D eigenvalue weighted by molar-refractivity contribution is 5.85. The summed E-state index contributed by atoms with van der Waals surface area (Å²) in [6.07, 6.45) is 0.392. The molecule has 0 heterocycles. The fraction of sp³-hybridized carbons (Fsp3) is 0.263. The van der Waals surface area contributed by atoms with E-state index in [0.717, 1.165) is 5.56 Å². The first-order chi connectivity index (χ1) is 12.0. The minimum absolute atomic E-state index is 0.145. The molecule has 2 amide bonds. The molecule has 0 saturated carbocycles. The molecule has 0 bridgehead atoms. The third-order valence-electron chi connectivity index (χ3n) is 3.51. The SMILES string of the molecule is Cc1ccc(OCC(=O)NCC(=O)NCCc2ccccc2F)cc1. The van der Waals surface area contributed by atoms with Crippen molar-refractivity contribution in [3.63, 3.8) is 0 Å². The molecule has 0 atom stereocenters. The third kappa shape index (κ3) is 6.63. The summed E-state index contributed by atoms with van der Waals surface area (Å²) >= 11 is 0. The Morgan fingerprint density at radius 2 is 1.72 bits per heavy atom. The Kier molecular flexibility index (Phi) is 6.95. The van der Waals surface area contributed by atoms with Crippen molar-refractivity contribution in [1.82, 2.24) is 10.6 Å². The van der Waals surface area contributed by atoms with Crippen molar-refractivity contribution in [3.05, 3.63) is 65.5 Å². The van der Waals surface area contributed by atoms with Crippen molar-refractivity contribution in [2.75, 3.05) is 19.7 Å². The normalized spacial score (nSPS) is 10.2. The van der Waals surface area contributed by atoms with Crippen LogP contribution < -0.4 is 15.4 Å². The fourth-order valence-electron chi connectivity index (χ4n) is 2.11. The molecular weight excluding hydrogens is 323 g/mol. The molecule has 6 heteroatoms. The van der Waals surface area contributed by atoms with E-state index in [1.807, 2.05) is 19.1 Å². The quantitative estimate of drug-likeness (QED) is 0.770. The Hall–Kier alpha value is -2.89. The maximum atomic E-state index is 13.4. The first kappa shape index (κ1) is 18.4. The maximum absolute atomic E-state index is 13.4. The lowest BCUT2D eigenvalue weighted by Crippen LogP contribution is -2.39. The van der Waals surface area contributed by atoms with Crippen LogP contribution in [0.15, 0.2) is 48.5 Å². The van der Waals surface area contributed by atoms with Crippen molar-refractivity contribution in [2.45, 2.75) is 13.3 Å². The van der Waals surface area contributed by atoms with E-state index in [1.165, 1.54) is 6.07 Å². The third-order valence-corrected chi connectivity index (χ3v) is 3.51. The molecule has 0 spiro atoms. The van der Waals surface area contributed by atoms with Gasteiger partial charge in [-0.25, -0.2) is 4.39 Å². The molecule has 2 N–H and O–H groups in total. The topological polar surface area (TPSA) is 67.4 Å². The van der Waals surface area contributed by atoms with Crippen molar-refractivity contribution < 1.29 is 18.7 Å². The van der Waals surface area contributed by atoms with E-state index in [9.17, 15) is 14.0 Å².